The van der Waals surface area contributed by atoms with Crippen molar-refractivity contribution >= 4 is 5.97 Å². The standard InChI is InChI=1S/C13H17NO2/c1-8-5-9(2)11(6-10(8)12(15)16)13(7-14)3-4-13/h5-6H,3-4,7,14H2,1-2H3,(H,15,16). The van der Waals surface area contributed by atoms with E-state index < -0.39 is 5.97 Å². The number of hydrogen-bond donors (Lipinski definition) is 2. The van der Waals surface area contributed by atoms with Gasteiger partial charge in [-0.2, -0.15) is 0 Å². The molecule has 0 saturated heterocycles. The molecule has 0 aliphatic heterocycles. The highest BCUT2D eigenvalue weighted by Gasteiger charge is 2.44. The third-order valence-corrected chi connectivity index (χ3v) is 3.62. The summed E-state index contributed by atoms with van der Waals surface area (Å²) in [6.07, 6.45) is 2.15. The molecule has 0 bridgehead atoms. The topological polar surface area (TPSA) is 63.3 Å². The minimum atomic E-state index is -0.855. The molecular weight excluding hydrogens is 202 g/mol. The highest BCUT2D eigenvalue weighted by atomic mass is 16.4. The first kappa shape index (κ1) is 11.1. The van der Waals surface area contributed by atoms with Crippen LogP contribution in [0, 0.1) is 13.8 Å². The third kappa shape index (κ3) is 1.61. The van der Waals surface area contributed by atoms with Gasteiger partial charge in [0.05, 0.1) is 5.56 Å². The summed E-state index contributed by atoms with van der Waals surface area (Å²) in [7, 11) is 0. The summed E-state index contributed by atoms with van der Waals surface area (Å²) in [5.74, 6) is -0.855. The monoisotopic (exact) mass is 219 g/mol. The Kier molecular flexibility index (Phi) is 2.50. The number of carboxylic acids is 1. The van der Waals surface area contributed by atoms with Crippen LogP contribution in [0.5, 0.6) is 0 Å². The van der Waals surface area contributed by atoms with E-state index in [-0.39, 0.29) is 5.41 Å². The average molecular weight is 219 g/mol. The number of benzene rings is 1. The number of carboxylic acid groups (broad SMARTS) is 1. The molecule has 1 aliphatic carbocycles. The predicted molar refractivity (Wildman–Crippen MR) is 62.8 cm³/mol. The first-order valence-corrected chi connectivity index (χ1v) is 5.55. The largest absolute Gasteiger partial charge is 0.478 e. The normalized spacial score (nSPS) is 17.2. The van der Waals surface area contributed by atoms with Crippen molar-refractivity contribution in [3.8, 4) is 0 Å². The summed E-state index contributed by atoms with van der Waals surface area (Å²) in [6.45, 7) is 4.47. The molecule has 0 aromatic heterocycles. The zero-order chi connectivity index (χ0) is 11.9. The van der Waals surface area contributed by atoms with E-state index in [1.165, 1.54) is 0 Å². The number of aromatic carboxylic acids is 1. The summed E-state index contributed by atoms with van der Waals surface area (Å²) in [5, 5.41) is 9.11. The van der Waals surface area contributed by atoms with Crippen LogP contribution in [0.25, 0.3) is 0 Å². The van der Waals surface area contributed by atoms with E-state index in [9.17, 15) is 4.79 Å². The molecule has 1 aromatic carbocycles. The van der Waals surface area contributed by atoms with Gasteiger partial charge in [0.2, 0.25) is 0 Å². The van der Waals surface area contributed by atoms with E-state index in [1.807, 2.05) is 26.0 Å². The molecule has 1 saturated carbocycles. The molecular formula is C13H17NO2. The van der Waals surface area contributed by atoms with E-state index in [0.29, 0.717) is 12.1 Å². The van der Waals surface area contributed by atoms with Crippen LogP contribution >= 0.6 is 0 Å². The van der Waals surface area contributed by atoms with Gasteiger partial charge in [-0.25, -0.2) is 4.79 Å². The van der Waals surface area contributed by atoms with Gasteiger partial charge in [-0.15, -0.1) is 0 Å². The molecule has 0 radical (unpaired) electrons. The molecule has 3 N–H and O–H groups in total. The SMILES string of the molecule is Cc1cc(C)c(C2(CN)CC2)cc1C(=O)O. The quantitative estimate of drug-likeness (QED) is 0.817. The minimum Gasteiger partial charge on any atom is -0.478 e. The molecule has 1 aromatic rings. The van der Waals surface area contributed by atoms with Crippen LogP contribution in [-0.4, -0.2) is 17.6 Å². The van der Waals surface area contributed by atoms with Crippen molar-refractivity contribution in [1.82, 2.24) is 0 Å². The molecule has 1 fully saturated rings. The van der Waals surface area contributed by atoms with Gasteiger partial charge in [-0.3, -0.25) is 0 Å². The summed E-state index contributed by atoms with van der Waals surface area (Å²) in [4.78, 5) is 11.1. The van der Waals surface area contributed by atoms with Crippen LogP contribution in [0.15, 0.2) is 12.1 Å². The van der Waals surface area contributed by atoms with Gasteiger partial charge in [0.15, 0.2) is 0 Å². The molecule has 0 atom stereocenters. The Hall–Kier alpha value is -1.35. The first-order chi connectivity index (χ1) is 7.50. The second-order valence-corrected chi connectivity index (χ2v) is 4.77. The van der Waals surface area contributed by atoms with Crippen LogP contribution in [-0.2, 0) is 5.41 Å². The molecule has 3 heteroatoms. The van der Waals surface area contributed by atoms with Crippen molar-refractivity contribution in [2.75, 3.05) is 6.54 Å². The minimum absolute atomic E-state index is 0.0575. The van der Waals surface area contributed by atoms with Crippen LogP contribution in [0.4, 0.5) is 0 Å². The van der Waals surface area contributed by atoms with Gasteiger partial charge in [0.1, 0.15) is 0 Å². The molecule has 3 nitrogen and oxygen atoms in total. The molecule has 0 unspecified atom stereocenters. The van der Waals surface area contributed by atoms with Crippen molar-refractivity contribution in [3.05, 3.63) is 34.4 Å². The Morgan fingerprint density at radius 1 is 1.38 bits per heavy atom. The summed E-state index contributed by atoms with van der Waals surface area (Å²) < 4.78 is 0. The fourth-order valence-corrected chi connectivity index (χ4v) is 2.39. The van der Waals surface area contributed by atoms with Crippen molar-refractivity contribution < 1.29 is 9.90 Å². The van der Waals surface area contributed by atoms with Gasteiger partial charge in [-0.1, -0.05) is 6.07 Å². The molecule has 1 aliphatic rings. The zero-order valence-corrected chi connectivity index (χ0v) is 9.71. The molecule has 0 heterocycles. The van der Waals surface area contributed by atoms with E-state index in [2.05, 4.69) is 0 Å². The molecule has 0 spiro atoms. The summed E-state index contributed by atoms with van der Waals surface area (Å²) in [6, 6.07) is 3.77. The van der Waals surface area contributed by atoms with Gasteiger partial charge in [0.25, 0.3) is 0 Å². The first-order valence-electron chi connectivity index (χ1n) is 5.55. The highest BCUT2D eigenvalue weighted by molar-refractivity contribution is 5.89. The number of hydrogen-bond acceptors (Lipinski definition) is 2. The summed E-state index contributed by atoms with van der Waals surface area (Å²) in [5.41, 5.74) is 9.35. The van der Waals surface area contributed by atoms with Crippen LogP contribution < -0.4 is 5.73 Å². The van der Waals surface area contributed by atoms with Crippen LogP contribution in [0.2, 0.25) is 0 Å². The highest BCUT2D eigenvalue weighted by Crippen LogP contribution is 2.48. The van der Waals surface area contributed by atoms with E-state index in [4.69, 9.17) is 10.8 Å². The van der Waals surface area contributed by atoms with E-state index >= 15 is 0 Å². The van der Waals surface area contributed by atoms with Crippen molar-refractivity contribution in [1.29, 1.82) is 0 Å². The van der Waals surface area contributed by atoms with Crippen LogP contribution in [0.1, 0.15) is 39.9 Å². The number of rotatable bonds is 3. The Morgan fingerprint density at radius 2 is 2.00 bits per heavy atom. The lowest BCUT2D eigenvalue weighted by molar-refractivity contribution is 0.0696. The van der Waals surface area contributed by atoms with E-state index in [1.54, 1.807) is 0 Å². The second kappa shape index (κ2) is 3.59. The number of carbonyl (C=O) groups is 1. The molecule has 0 amide bonds. The smallest absolute Gasteiger partial charge is 0.335 e. The fourth-order valence-electron chi connectivity index (χ4n) is 2.39. The van der Waals surface area contributed by atoms with Gasteiger partial charge >= 0.3 is 5.97 Å². The van der Waals surface area contributed by atoms with E-state index in [0.717, 1.165) is 29.5 Å². The third-order valence-electron chi connectivity index (χ3n) is 3.62. The predicted octanol–water partition coefficient (Wildman–Crippen LogP) is 1.99. The van der Waals surface area contributed by atoms with Crippen molar-refractivity contribution in [3.63, 3.8) is 0 Å². The number of nitrogens with two attached hydrogens (primary N) is 1. The average Bonchev–Trinajstić information content (AvgIpc) is 2.98. The maximum Gasteiger partial charge on any atom is 0.335 e. The lowest BCUT2D eigenvalue weighted by Crippen LogP contribution is -2.21. The Balaban J connectivity index is 2.54. The Bertz CT molecular complexity index is 447. The lowest BCUT2D eigenvalue weighted by Gasteiger charge is -2.17. The second-order valence-electron chi connectivity index (χ2n) is 4.77. The molecule has 16 heavy (non-hydrogen) atoms. The maximum absolute atomic E-state index is 11.1. The van der Waals surface area contributed by atoms with Crippen molar-refractivity contribution in [2.24, 2.45) is 5.73 Å². The zero-order valence-electron chi connectivity index (χ0n) is 9.71. The molecule has 2 rings (SSSR count). The summed E-state index contributed by atoms with van der Waals surface area (Å²) >= 11 is 0. The maximum atomic E-state index is 11.1. The Labute approximate surface area is 95.3 Å². The van der Waals surface area contributed by atoms with Crippen LogP contribution in [0.3, 0.4) is 0 Å². The molecule has 86 valence electrons. The lowest BCUT2D eigenvalue weighted by atomic mass is 9.88. The number of aryl methyl sites for hydroxylation is 2. The van der Waals surface area contributed by atoms with Crippen molar-refractivity contribution in [2.45, 2.75) is 32.1 Å². The Morgan fingerprint density at radius 3 is 2.44 bits per heavy atom. The fraction of sp³-hybridized carbons (Fsp3) is 0.462. The van der Waals surface area contributed by atoms with Gasteiger partial charge in [0, 0.05) is 12.0 Å². The van der Waals surface area contributed by atoms with Gasteiger partial charge < -0.3 is 10.8 Å². The van der Waals surface area contributed by atoms with Gasteiger partial charge in [-0.05, 0) is 49.4 Å².